The minimum Gasteiger partial charge on any atom is -0.338 e. The lowest BCUT2D eigenvalue weighted by molar-refractivity contribution is 0.627. The van der Waals surface area contributed by atoms with E-state index in [1.54, 1.807) is 0 Å². The molecule has 0 amide bonds. The molecule has 0 bridgehead atoms. The van der Waals surface area contributed by atoms with Crippen LogP contribution in [0.5, 0.6) is 0 Å². The number of fused-ring (bicyclic) bond motifs is 1. The van der Waals surface area contributed by atoms with Crippen LogP contribution in [0.15, 0.2) is 46.8 Å². The average molecular weight is 295 g/mol. The van der Waals surface area contributed by atoms with Gasteiger partial charge in [0.25, 0.3) is 0 Å². The molecule has 0 aliphatic rings. The van der Waals surface area contributed by atoms with Crippen molar-refractivity contribution in [2.75, 3.05) is 0 Å². The first-order valence-corrected chi connectivity index (χ1v) is 5.61. The Bertz CT molecular complexity index is 833. The molecule has 0 aliphatic carbocycles. The molecular formula is C13H8BrFN2. The van der Waals surface area contributed by atoms with Gasteiger partial charge in [-0.25, -0.2) is 9.37 Å². The predicted octanol–water partition coefficient (Wildman–Crippen LogP) is 4.13. The number of nitrogens with one attached hydrogen (secondary N) is 1. The first-order valence-electron chi connectivity index (χ1n) is 6.81. The number of halogens is 2. The first-order chi connectivity index (χ1) is 9.90. The van der Waals surface area contributed by atoms with E-state index in [0.717, 1.165) is 0 Å². The third-order valence-electron chi connectivity index (χ3n) is 2.32. The van der Waals surface area contributed by atoms with Crippen LogP contribution in [0.1, 0.15) is 5.48 Å². The fourth-order valence-electron chi connectivity index (χ4n) is 1.55. The lowest BCUT2D eigenvalue weighted by Crippen LogP contribution is -1.83. The van der Waals surface area contributed by atoms with Crippen LogP contribution >= 0.6 is 15.9 Å². The van der Waals surface area contributed by atoms with E-state index in [-0.39, 0.29) is 35.2 Å². The summed E-state index contributed by atoms with van der Waals surface area (Å²) in [5.41, 5.74) is 0.962. The molecule has 0 saturated heterocycles. The van der Waals surface area contributed by atoms with E-state index >= 15 is 0 Å². The van der Waals surface area contributed by atoms with Gasteiger partial charge in [0.05, 0.1) is 16.5 Å². The maximum atomic E-state index is 13.1. The van der Waals surface area contributed by atoms with E-state index in [1.807, 2.05) is 0 Å². The minimum absolute atomic E-state index is 0.159. The standard InChI is InChI=1S/C13H8BrFN2/c14-10-7-8(15)5-6-9(10)13-16-11-3-1-2-4-12(11)17-13/h1-7H,(H,16,17)/i1D,2D,3D,4D. The Balaban J connectivity index is 2.31. The summed E-state index contributed by atoms with van der Waals surface area (Å²) >= 11 is 3.24. The van der Waals surface area contributed by atoms with Crippen molar-refractivity contribution in [2.45, 2.75) is 0 Å². The Labute approximate surface area is 111 Å². The summed E-state index contributed by atoms with van der Waals surface area (Å²) in [6.07, 6.45) is 0. The smallest absolute Gasteiger partial charge is 0.139 e. The Kier molecular flexibility index (Phi) is 1.61. The Morgan fingerprint density at radius 1 is 1.29 bits per heavy atom. The molecule has 0 aliphatic heterocycles. The molecule has 2 nitrogen and oxygen atoms in total. The van der Waals surface area contributed by atoms with Crippen LogP contribution in [0.25, 0.3) is 22.4 Å². The third kappa shape index (κ3) is 1.85. The van der Waals surface area contributed by atoms with Gasteiger partial charge < -0.3 is 4.98 Å². The molecule has 0 fully saturated rings. The van der Waals surface area contributed by atoms with Crippen LogP contribution in [-0.2, 0) is 0 Å². The monoisotopic (exact) mass is 294 g/mol. The van der Waals surface area contributed by atoms with E-state index < -0.39 is 5.82 Å². The highest BCUT2D eigenvalue weighted by molar-refractivity contribution is 9.10. The molecule has 0 saturated carbocycles. The van der Waals surface area contributed by atoms with Gasteiger partial charge in [0, 0.05) is 10.0 Å². The van der Waals surface area contributed by atoms with Crippen LogP contribution < -0.4 is 0 Å². The number of imidazole rings is 1. The number of rotatable bonds is 1. The van der Waals surface area contributed by atoms with Gasteiger partial charge in [0.1, 0.15) is 11.6 Å². The zero-order chi connectivity index (χ0) is 15.3. The lowest BCUT2D eigenvalue weighted by Gasteiger charge is -2.00. The van der Waals surface area contributed by atoms with Crippen molar-refractivity contribution >= 4 is 27.0 Å². The highest BCUT2D eigenvalue weighted by atomic mass is 79.9. The fourth-order valence-corrected chi connectivity index (χ4v) is 2.09. The highest BCUT2D eigenvalue weighted by Gasteiger charge is 2.08. The zero-order valence-electron chi connectivity index (χ0n) is 12.4. The molecule has 3 rings (SSSR count). The van der Waals surface area contributed by atoms with Crippen LogP contribution in [0.2, 0.25) is 0 Å². The molecule has 4 heteroatoms. The molecule has 1 heterocycles. The van der Waals surface area contributed by atoms with E-state index in [0.29, 0.717) is 15.9 Å². The Hall–Kier alpha value is -1.68. The van der Waals surface area contributed by atoms with Crippen molar-refractivity contribution in [1.29, 1.82) is 0 Å². The Morgan fingerprint density at radius 2 is 2.12 bits per heavy atom. The molecular weight excluding hydrogens is 283 g/mol. The number of aromatic nitrogens is 2. The van der Waals surface area contributed by atoms with Crippen LogP contribution in [-0.4, -0.2) is 9.97 Å². The van der Waals surface area contributed by atoms with Crippen LogP contribution in [0.4, 0.5) is 4.39 Å². The number of nitrogens with zero attached hydrogens (tertiary/aromatic N) is 1. The molecule has 3 aromatic rings. The summed E-state index contributed by atoms with van der Waals surface area (Å²) in [4.78, 5) is 7.09. The van der Waals surface area contributed by atoms with Gasteiger partial charge >= 0.3 is 0 Å². The Morgan fingerprint density at radius 3 is 2.94 bits per heavy atom. The molecule has 0 spiro atoms. The topological polar surface area (TPSA) is 28.7 Å². The van der Waals surface area contributed by atoms with E-state index in [1.165, 1.54) is 18.2 Å². The van der Waals surface area contributed by atoms with Crippen LogP contribution in [0.3, 0.4) is 0 Å². The number of aromatic amines is 1. The van der Waals surface area contributed by atoms with Crippen molar-refractivity contribution < 1.29 is 9.87 Å². The summed E-state index contributed by atoms with van der Waals surface area (Å²) < 4.78 is 44.6. The lowest BCUT2D eigenvalue weighted by atomic mass is 10.2. The number of hydrogen-bond acceptors (Lipinski definition) is 1. The molecule has 2 aromatic carbocycles. The number of H-pyrrole nitrogens is 1. The van der Waals surface area contributed by atoms with Crippen molar-refractivity contribution in [3.63, 3.8) is 0 Å². The van der Waals surface area contributed by atoms with Gasteiger partial charge in [-0.2, -0.15) is 0 Å². The van der Waals surface area contributed by atoms with Crippen LogP contribution in [0, 0.1) is 5.82 Å². The predicted molar refractivity (Wildman–Crippen MR) is 69.2 cm³/mol. The maximum absolute atomic E-state index is 13.1. The van der Waals surface area contributed by atoms with Gasteiger partial charge in [-0.1, -0.05) is 12.1 Å². The molecule has 0 radical (unpaired) electrons. The molecule has 0 unspecified atom stereocenters. The van der Waals surface area contributed by atoms with Crippen molar-refractivity contribution in [1.82, 2.24) is 9.97 Å². The second kappa shape index (κ2) is 3.96. The maximum Gasteiger partial charge on any atom is 0.139 e. The van der Waals surface area contributed by atoms with Crippen molar-refractivity contribution in [2.24, 2.45) is 0 Å². The fraction of sp³-hybridized carbons (Fsp3) is 0. The van der Waals surface area contributed by atoms with Gasteiger partial charge in [-0.15, -0.1) is 0 Å². The number of hydrogen-bond donors (Lipinski definition) is 1. The largest absolute Gasteiger partial charge is 0.338 e. The number of para-hydroxylation sites is 2. The highest BCUT2D eigenvalue weighted by Crippen LogP contribution is 2.28. The first kappa shape index (κ1) is 6.91. The molecule has 0 atom stereocenters. The van der Waals surface area contributed by atoms with E-state index in [2.05, 4.69) is 25.9 Å². The summed E-state index contributed by atoms with van der Waals surface area (Å²) in [7, 11) is 0. The summed E-state index contributed by atoms with van der Waals surface area (Å²) in [5, 5.41) is 0. The average Bonchev–Trinajstić information content (AvgIpc) is 2.88. The van der Waals surface area contributed by atoms with Gasteiger partial charge in [-0.3, -0.25) is 0 Å². The van der Waals surface area contributed by atoms with E-state index in [9.17, 15) is 4.39 Å². The normalized spacial score (nSPS) is 14.2. The molecule has 1 aromatic heterocycles. The summed E-state index contributed by atoms with van der Waals surface area (Å²) in [6.45, 7) is 0. The SMILES string of the molecule is [2H]c1c([2H])c([2H])c2[nH]c(-c3ccc(F)cc3Br)nc2c1[2H]. The summed E-state index contributed by atoms with van der Waals surface area (Å²) in [6, 6.07) is 3.06. The van der Waals surface area contributed by atoms with Crippen molar-refractivity contribution in [3.8, 4) is 11.4 Å². The third-order valence-corrected chi connectivity index (χ3v) is 2.98. The molecule has 84 valence electrons. The van der Waals surface area contributed by atoms with Crippen molar-refractivity contribution in [3.05, 3.63) is 52.7 Å². The van der Waals surface area contributed by atoms with Gasteiger partial charge in [0.2, 0.25) is 0 Å². The minimum atomic E-state index is -0.397. The van der Waals surface area contributed by atoms with E-state index in [4.69, 9.17) is 5.48 Å². The zero-order valence-corrected chi connectivity index (χ0v) is 10.0. The molecule has 17 heavy (non-hydrogen) atoms. The number of benzene rings is 2. The molecule has 1 N–H and O–H groups in total. The second-order valence-corrected chi connectivity index (χ2v) is 4.29. The van der Waals surface area contributed by atoms with Gasteiger partial charge in [0.15, 0.2) is 0 Å². The quantitative estimate of drug-likeness (QED) is 0.718. The second-order valence-electron chi connectivity index (χ2n) is 3.43. The summed E-state index contributed by atoms with van der Waals surface area (Å²) in [5.74, 6) is -0.0464. The van der Waals surface area contributed by atoms with Gasteiger partial charge in [-0.05, 0) is 46.2 Å².